The first kappa shape index (κ1) is 13.5. The zero-order valence-corrected chi connectivity index (χ0v) is 9.01. The van der Waals surface area contributed by atoms with Crippen molar-refractivity contribution in [1.82, 2.24) is 0 Å². The summed E-state index contributed by atoms with van der Waals surface area (Å²) in [6.45, 7) is -0.110. The number of carbonyl (C=O) groups excluding carboxylic acids is 1. The van der Waals surface area contributed by atoms with Crippen LogP contribution in [0.4, 0.5) is 0 Å². The fourth-order valence-corrected chi connectivity index (χ4v) is 0.898. The zero-order valence-electron chi connectivity index (χ0n) is 9.01. The lowest BCUT2D eigenvalue weighted by molar-refractivity contribution is -0.140. The van der Waals surface area contributed by atoms with Gasteiger partial charge in [-0.05, 0) is 12.8 Å². The molecule has 0 unspecified atom stereocenters. The molecule has 0 heterocycles. The van der Waals surface area contributed by atoms with Crippen molar-refractivity contribution in [2.75, 3.05) is 13.7 Å². The van der Waals surface area contributed by atoms with Crippen LogP contribution in [0.2, 0.25) is 0 Å². The normalized spacial score (nSPS) is 8.13. The highest BCUT2D eigenvalue weighted by atomic mass is 16.5. The minimum Gasteiger partial charge on any atom is -0.469 e. The van der Waals surface area contributed by atoms with Gasteiger partial charge in [-0.25, -0.2) is 0 Å². The molecule has 0 fully saturated rings. The number of ether oxygens (including phenoxy) is 1. The number of methoxy groups -OCH3 is 1. The summed E-state index contributed by atoms with van der Waals surface area (Å²) in [5.41, 5.74) is 0. The van der Waals surface area contributed by atoms with Crippen molar-refractivity contribution in [3.8, 4) is 23.7 Å². The summed E-state index contributed by atoms with van der Waals surface area (Å²) in [4.78, 5) is 10.7. The maximum atomic E-state index is 10.7. The summed E-state index contributed by atoms with van der Waals surface area (Å²) in [6.07, 6.45) is 3.44. The van der Waals surface area contributed by atoms with Crippen LogP contribution in [0, 0.1) is 23.7 Å². The molecule has 0 bridgehead atoms. The lowest BCUT2D eigenvalue weighted by Crippen LogP contribution is -1.98. The number of aliphatic hydroxyl groups is 1. The number of esters is 1. The average Bonchev–Trinajstić information content (AvgIpc) is 2.26. The SMILES string of the molecule is COC(=O)CCCCC#CCC#CCO. The monoisotopic (exact) mass is 208 g/mol. The van der Waals surface area contributed by atoms with Crippen molar-refractivity contribution >= 4 is 5.97 Å². The van der Waals surface area contributed by atoms with Gasteiger partial charge in [-0.2, -0.15) is 0 Å². The van der Waals surface area contributed by atoms with Crippen molar-refractivity contribution in [1.29, 1.82) is 0 Å². The second kappa shape index (κ2) is 10.6. The molecule has 0 saturated carbocycles. The van der Waals surface area contributed by atoms with Crippen molar-refractivity contribution < 1.29 is 14.6 Å². The summed E-state index contributed by atoms with van der Waals surface area (Å²) in [6, 6.07) is 0. The fourth-order valence-electron chi connectivity index (χ4n) is 0.898. The second-order valence-electron chi connectivity index (χ2n) is 2.83. The van der Waals surface area contributed by atoms with Crippen LogP contribution in [0.3, 0.4) is 0 Å². The van der Waals surface area contributed by atoms with Crippen LogP contribution in [-0.4, -0.2) is 24.8 Å². The van der Waals surface area contributed by atoms with Gasteiger partial charge in [0, 0.05) is 12.8 Å². The Morgan fingerprint density at radius 2 is 1.93 bits per heavy atom. The third-order valence-electron chi connectivity index (χ3n) is 1.67. The third-order valence-corrected chi connectivity index (χ3v) is 1.67. The van der Waals surface area contributed by atoms with Gasteiger partial charge in [-0.1, -0.05) is 17.8 Å². The van der Waals surface area contributed by atoms with Crippen LogP contribution in [0.5, 0.6) is 0 Å². The summed E-state index contributed by atoms with van der Waals surface area (Å²) in [7, 11) is 1.39. The topological polar surface area (TPSA) is 46.5 Å². The van der Waals surface area contributed by atoms with Gasteiger partial charge in [0.1, 0.15) is 6.61 Å². The summed E-state index contributed by atoms with van der Waals surface area (Å²) < 4.78 is 4.51. The van der Waals surface area contributed by atoms with E-state index in [-0.39, 0.29) is 12.6 Å². The van der Waals surface area contributed by atoms with E-state index >= 15 is 0 Å². The summed E-state index contributed by atoms with van der Waals surface area (Å²) in [5.74, 6) is 10.9. The molecular formula is C12H16O3. The molecule has 15 heavy (non-hydrogen) atoms. The van der Waals surface area contributed by atoms with E-state index in [0.29, 0.717) is 12.8 Å². The van der Waals surface area contributed by atoms with Crippen LogP contribution in [0.25, 0.3) is 0 Å². The molecule has 0 spiro atoms. The molecule has 1 N–H and O–H groups in total. The first-order chi connectivity index (χ1) is 7.31. The molecular weight excluding hydrogens is 192 g/mol. The van der Waals surface area contributed by atoms with Crippen LogP contribution < -0.4 is 0 Å². The molecule has 0 radical (unpaired) electrons. The minimum absolute atomic E-state index is 0.110. The Morgan fingerprint density at radius 1 is 1.20 bits per heavy atom. The first-order valence-electron chi connectivity index (χ1n) is 4.90. The highest BCUT2D eigenvalue weighted by Crippen LogP contribution is 1.99. The van der Waals surface area contributed by atoms with Crippen LogP contribution >= 0.6 is 0 Å². The van der Waals surface area contributed by atoms with Crippen molar-refractivity contribution in [3.05, 3.63) is 0 Å². The van der Waals surface area contributed by atoms with Crippen molar-refractivity contribution in [2.45, 2.75) is 32.1 Å². The molecule has 0 aromatic heterocycles. The van der Waals surface area contributed by atoms with E-state index in [1.54, 1.807) is 0 Å². The van der Waals surface area contributed by atoms with Gasteiger partial charge < -0.3 is 9.84 Å². The minimum atomic E-state index is -0.170. The molecule has 0 aliphatic carbocycles. The molecule has 0 rings (SSSR count). The van der Waals surface area contributed by atoms with Crippen LogP contribution in [0.1, 0.15) is 32.1 Å². The van der Waals surface area contributed by atoms with E-state index in [9.17, 15) is 4.79 Å². The Labute approximate surface area is 90.8 Å². The lowest BCUT2D eigenvalue weighted by Gasteiger charge is -1.95. The summed E-state index contributed by atoms with van der Waals surface area (Å²) in [5, 5.41) is 8.35. The van der Waals surface area contributed by atoms with Gasteiger partial charge in [0.2, 0.25) is 0 Å². The first-order valence-corrected chi connectivity index (χ1v) is 4.90. The number of hydrogen-bond acceptors (Lipinski definition) is 3. The number of aliphatic hydroxyl groups excluding tert-OH is 1. The molecule has 3 nitrogen and oxygen atoms in total. The van der Waals surface area contributed by atoms with Gasteiger partial charge in [0.25, 0.3) is 0 Å². The quantitative estimate of drug-likeness (QED) is 0.427. The number of rotatable bonds is 4. The highest BCUT2D eigenvalue weighted by molar-refractivity contribution is 5.68. The molecule has 0 aliphatic heterocycles. The van der Waals surface area contributed by atoms with Gasteiger partial charge >= 0.3 is 5.97 Å². The number of carbonyl (C=O) groups is 1. The Kier molecular flexibility index (Phi) is 9.60. The Hall–Kier alpha value is -1.45. The Balaban J connectivity index is 3.33. The molecule has 3 heteroatoms. The van der Waals surface area contributed by atoms with Gasteiger partial charge in [0.05, 0.1) is 13.5 Å². The lowest BCUT2D eigenvalue weighted by atomic mass is 10.2. The van der Waals surface area contributed by atoms with E-state index in [1.165, 1.54) is 7.11 Å². The molecule has 0 atom stereocenters. The predicted molar refractivity (Wildman–Crippen MR) is 57.7 cm³/mol. The molecule has 0 aromatic carbocycles. The van der Waals surface area contributed by atoms with Gasteiger partial charge in [-0.3, -0.25) is 4.79 Å². The zero-order chi connectivity index (χ0) is 11.4. The molecule has 0 amide bonds. The van der Waals surface area contributed by atoms with Crippen LogP contribution in [0.15, 0.2) is 0 Å². The van der Waals surface area contributed by atoms with E-state index in [2.05, 4.69) is 28.4 Å². The standard InChI is InChI=1S/C12H16O3/c1-15-12(14)10-8-6-4-2-3-5-7-9-11-13/h13H,4-6,8,10-11H2,1H3. The van der Waals surface area contributed by atoms with Crippen molar-refractivity contribution in [3.63, 3.8) is 0 Å². The molecule has 82 valence electrons. The van der Waals surface area contributed by atoms with Gasteiger partial charge in [0.15, 0.2) is 0 Å². The molecule has 0 aromatic rings. The largest absolute Gasteiger partial charge is 0.469 e. The average molecular weight is 208 g/mol. The number of hydrogen-bond donors (Lipinski definition) is 1. The van der Waals surface area contributed by atoms with E-state index < -0.39 is 0 Å². The molecule has 0 saturated heterocycles. The van der Waals surface area contributed by atoms with E-state index in [1.807, 2.05) is 0 Å². The fraction of sp³-hybridized carbons (Fsp3) is 0.583. The predicted octanol–water partition coefficient (Wildman–Crippen LogP) is 1.11. The summed E-state index contributed by atoms with van der Waals surface area (Å²) >= 11 is 0. The maximum Gasteiger partial charge on any atom is 0.305 e. The second-order valence-corrected chi connectivity index (χ2v) is 2.83. The Morgan fingerprint density at radius 3 is 2.60 bits per heavy atom. The van der Waals surface area contributed by atoms with Crippen LogP contribution in [-0.2, 0) is 9.53 Å². The van der Waals surface area contributed by atoms with Crippen molar-refractivity contribution in [2.24, 2.45) is 0 Å². The smallest absolute Gasteiger partial charge is 0.305 e. The Bertz CT molecular complexity index is 285. The third kappa shape index (κ3) is 10.5. The number of unbranched alkanes of at least 4 members (excludes halogenated alkanes) is 2. The highest BCUT2D eigenvalue weighted by Gasteiger charge is 1.97. The maximum absolute atomic E-state index is 10.7. The van der Waals surface area contributed by atoms with E-state index in [4.69, 9.17) is 5.11 Å². The molecule has 0 aliphatic rings. The van der Waals surface area contributed by atoms with E-state index in [0.717, 1.165) is 19.3 Å². The van der Waals surface area contributed by atoms with Gasteiger partial charge in [-0.15, -0.1) is 5.92 Å².